The SMILES string of the molecule is c1ccc2cc(-c3ccc(N(c4ccc5sc6ccc7c8ccc9ccccc9c8oc7c6c5c4)c4cccc5ccccc45)cc3)ccc2c1. The second kappa shape index (κ2) is 11.0. The molecule has 0 radical (unpaired) electrons. The molecule has 0 N–H and O–H groups in total. The van der Waals surface area contributed by atoms with E-state index in [1.165, 1.54) is 58.2 Å². The van der Waals surface area contributed by atoms with Gasteiger partial charge in [0.15, 0.2) is 0 Å². The van der Waals surface area contributed by atoms with Crippen molar-refractivity contribution in [1.82, 2.24) is 0 Å². The third-order valence-corrected chi connectivity index (χ3v) is 11.6. The number of benzene rings is 9. The fourth-order valence-corrected chi connectivity index (χ4v) is 9.04. The number of fused-ring (bicyclic) bond motifs is 11. The molecule has 2 nitrogen and oxygen atoms in total. The number of hydrogen-bond acceptors (Lipinski definition) is 3. The van der Waals surface area contributed by atoms with Crippen molar-refractivity contribution in [2.24, 2.45) is 0 Å². The first-order valence-electron chi connectivity index (χ1n) is 17.3. The second-order valence-corrected chi connectivity index (χ2v) is 14.4. The summed E-state index contributed by atoms with van der Waals surface area (Å²) in [5.41, 5.74) is 7.68. The van der Waals surface area contributed by atoms with Crippen molar-refractivity contribution >= 4 is 103 Å². The van der Waals surface area contributed by atoms with E-state index in [1.807, 2.05) is 11.3 Å². The van der Waals surface area contributed by atoms with Crippen LogP contribution >= 0.6 is 11.3 Å². The average Bonchev–Trinajstić information content (AvgIpc) is 3.77. The van der Waals surface area contributed by atoms with Crippen LogP contribution in [0.5, 0.6) is 0 Å². The summed E-state index contributed by atoms with van der Waals surface area (Å²) in [5, 5.41) is 12.0. The summed E-state index contributed by atoms with van der Waals surface area (Å²) in [6.07, 6.45) is 0. The Kier molecular flexibility index (Phi) is 6.16. The van der Waals surface area contributed by atoms with Crippen molar-refractivity contribution in [1.29, 1.82) is 0 Å². The summed E-state index contributed by atoms with van der Waals surface area (Å²) in [4.78, 5) is 2.40. The Morgan fingerprint density at radius 3 is 1.86 bits per heavy atom. The molecule has 0 spiro atoms. The predicted octanol–water partition coefficient (Wildman–Crippen LogP) is 14.6. The summed E-state index contributed by atoms with van der Waals surface area (Å²) in [7, 11) is 0. The summed E-state index contributed by atoms with van der Waals surface area (Å²) < 4.78 is 9.33. The van der Waals surface area contributed by atoms with E-state index >= 15 is 0 Å². The molecule has 0 aliphatic rings. The molecular formula is C48H29NOS. The van der Waals surface area contributed by atoms with Crippen LogP contribution in [0, 0.1) is 0 Å². The molecule has 2 aromatic heterocycles. The van der Waals surface area contributed by atoms with E-state index in [1.54, 1.807) is 0 Å². The van der Waals surface area contributed by atoms with E-state index in [0.29, 0.717) is 0 Å². The van der Waals surface area contributed by atoms with E-state index < -0.39 is 0 Å². The van der Waals surface area contributed by atoms with Gasteiger partial charge >= 0.3 is 0 Å². The smallest absolute Gasteiger partial charge is 0.144 e. The van der Waals surface area contributed by atoms with Gasteiger partial charge in [0.1, 0.15) is 11.2 Å². The first-order chi connectivity index (χ1) is 25.3. The lowest BCUT2D eigenvalue weighted by molar-refractivity contribution is 0.677. The minimum Gasteiger partial charge on any atom is -0.455 e. The Morgan fingerprint density at radius 1 is 0.373 bits per heavy atom. The monoisotopic (exact) mass is 667 g/mol. The first kappa shape index (κ1) is 28.4. The molecule has 2 heterocycles. The van der Waals surface area contributed by atoms with Gasteiger partial charge < -0.3 is 9.32 Å². The molecule has 0 aliphatic heterocycles. The van der Waals surface area contributed by atoms with Crippen LogP contribution in [-0.4, -0.2) is 0 Å². The number of anilines is 3. The van der Waals surface area contributed by atoms with E-state index in [-0.39, 0.29) is 0 Å². The van der Waals surface area contributed by atoms with Crippen molar-refractivity contribution in [2.45, 2.75) is 0 Å². The van der Waals surface area contributed by atoms with Gasteiger partial charge in [-0.15, -0.1) is 11.3 Å². The van der Waals surface area contributed by atoms with Gasteiger partial charge in [0.25, 0.3) is 0 Å². The Morgan fingerprint density at radius 2 is 1.00 bits per heavy atom. The minimum atomic E-state index is 0.954. The lowest BCUT2D eigenvalue weighted by atomic mass is 10.0. The van der Waals surface area contributed by atoms with Crippen LogP contribution in [-0.2, 0) is 0 Å². The summed E-state index contributed by atoms with van der Waals surface area (Å²) in [6.45, 7) is 0. The normalized spacial score (nSPS) is 11.9. The van der Waals surface area contributed by atoms with Gasteiger partial charge in [-0.2, -0.15) is 0 Å². The fourth-order valence-electron chi connectivity index (χ4n) is 7.95. The molecule has 0 unspecified atom stereocenters. The Hall–Kier alpha value is -6.42. The van der Waals surface area contributed by atoms with Gasteiger partial charge in [-0.25, -0.2) is 0 Å². The van der Waals surface area contributed by atoms with Gasteiger partial charge in [-0.3, -0.25) is 0 Å². The van der Waals surface area contributed by atoms with E-state index in [0.717, 1.165) is 44.4 Å². The zero-order chi connectivity index (χ0) is 33.5. The third-order valence-electron chi connectivity index (χ3n) is 10.4. The van der Waals surface area contributed by atoms with Gasteiger partial charge in [0.05, 0.1) is 5.69 Å². The first-order valence-corrected chi connectivity index (χ1v) is 18.1. The standard InChI is InChI=1S/C48H29NOS/c1-2-11-34-28-35(17-16-30(34)8-1)31-18-21-36(22-19-31)49(43-15-7-12-32-9-3-5-13-38(32)43)37-23-26-44-42(29-37)46-45(51-44)27-25-41-40-24-20-33-10-4-6-14-39(33)47(40)50-48(41)46/h1-29H. The van der Waals surface area contributed by atoms with Crippen LogP contribution in [0.1, 0.15) is 0 Å². The van der Waals surface area contributed by atoms with Crippen molar-refractivity contribution in [2.75, 3.05) is 4.90 Å². The largest absolute Gasteiger partial charge is 0.455 e. The van der Waals surface area contributed by atoms with Gasteiger partial charge in [-0.1, -0.05) is 115 Å². The molecule has 11 rings (SSSR count). The van der Waals surface area contributed by atoms with Gasteiger partial charge in [0.2, 0.25) is 0 Å². The molecule has 0 saturated carbocycles. The zero-order valence-electron chi connectivity index (χ0n) is 27.5. The zero-order valence-corrected chi connectivity index (χ0v) is 28.3. The molecule has 0 amide bonds. The molecule has 0 bridgehead atoms. The topological polar surface area (TPSA) is 16.4 Å². The van der Waals surface area contributed by atoms with Crippen LogP contribution in [0.4, 0.5) is 17.1 Å². The maximum atomic E-state index is 6.85. The molecule has 238 valence electrons. The maximum Gasteiger partial charge on any atom is 0.144 e. The van der Waals surface area contributed by atoms with Crippen molar-refractivity contribution in [3.8, 4) is 11.1 Å². The van der Waals surface area contributed by atoms with Crippen LogP contribution in [0.2, 0.25) is 0 Å². The second-order valence-electron chi connectivity index (χ2n) is 13.3. The highest BCUT2D eigenvalue weighted by molar-refractivity contribution is 7.26. The number of thiophene rings is 1. The van der Waals surface area contributed by atoms with E-state index in [9.17, 15) is 0 Å². The Bertz CT molecular complexity index is 3140. The van der Waals surface area contributed by atoms with Crippen molar-refractivity contribution in [3.63, 3.8) is 0 Å². The van der Waals surface area contributed by atoms with Crippen LogP contribution in [0.3, 0.4) is 0 Å². The number of nitrogens with zero attached hydrogens (tertiary/aromatic N) is 1. The summed E-state index contributed by atoms with van der Waals surface area (Å²) in [5.74, 6) is 0. The molecule has 0 saturated heterocycles. The quantitative estimate of drug-likeness (QED) is 0.186. The van der Waals surface area contributed by atoms with Crippen LogP contribution < -0.4 is 4.90 Å². The Labute approximate surface area is 298 Å². The van der Waals surface area contributed by atoms with Gasteiger partial charge in [0, 0.05) is 53.1 Å². The molecule has 0 fully saturated rings. The molecule has 9 aromatic carbocycles. The average molecular weight is 668 g/mol. The summed E-state index contributed by atoms with van der Waals surface area (Å²) >= 11 is 1.83. The fraction of sp³-hybridized carbons (Fsp3) is 0. The molecule has 3 heteroatoms. The minimum absolute atomic E-state index is 0.954. The summed E-state index contributed by atoms with van der Waals surface area (Å²) in [6, 6.07) is 63.8. The molecule has 11 aromatic rings. The molecule has 0 atom stereocenters. The predicted molar refractivity (Wildman–Crippen MR) is 219 cm³/mol. The lowest BCUT2D eigenvalue weighted by Gasteiger charge is -2.27. The highest BCUT2D eigenvalue weighted by Crippen LogP contribution is 2.46. The van der Waals surface area contributed by atoms with Crippen molar-refractivity contribution in [3.05, 3.63) is 176 Å². The maximum absolute atomic E-state index is 6.85. The van der Waals surface area contributed by atoms with Crippen LogP contribution in [0.15, 0.2) is 180 Å². The molecule has 0 aliphatic carbocycles. The van der Waals surface area contributed by atoms with Crippen LogP contribution in [0.25, 0.3) is 85.6 Å². The van der Waals surface area contributed by atoms with E-state index in [2.05, 4.69) is 181 Å². The number of furan rings is 1. The van der Waals surface area contributed by atoms with Crippen molar-refractivity contribution < 1.29 is 4.42 Å². The highest BCUT2D eigenvalue weighted by atomic mass is 32.1. The van der Waals surface area contributed by atoms with E-state index in [4.69, 9.17) is 4.42 Å². The number of rotatable bonds is 4. The van der Waals surface area contributed by atoms with Gasteiger partial charge in [-0.05, 0) is 93.3 Å². The number of hydrogen-bond donors (Lipinski definition) is 0. The molecule has 51 heavy (non-hydrogen) atoms. The highest BCUT2D eigenvalue weighted by Gasteiger charge is 2.20. The third kappa shape index (κ3) is 4.42. The lowest BCUT2D eigenvalue weighted by Crippen LogP contribution is -2.10. The molecular weight excluding hydrogens is 639 g/mol. The Balaban J connectivity index is 1.12.